The molecule has 2 aromatic rings. The van der Waals surface area contributed by atoms with Crippen LogP contribution in [0.4, 0.5) is 0 Å². The van der Waals surface area contributed by atoms with Crippen LogP contribution < -0.4 is 5.56 Å². The molecule has 0 spiro atoms. The number of hydrogen-bond donors (Lipinski definition) is 1. The zero-order chi connectivity index (χ0) is 31.7. The highest BCUT2D eigenvalue weighted by Gasteiger charge is 2.32. The monoisotopic (exact) mass is 626 g/mol. The highest BCUT2D eigenvalue weighted by Crippen LogP contribution is 2.26. The van der Waals surface area contributed by atoms with Crippen LogP contribution in [0.3, 0.4) is 0 Å². The maximum Gasteiger partial charge on any atom is 0.277 e. The predicted octanol–water partition coefficient (Wildman–Crippen LogP) is 4.08. The van der Waals surface area contributed by atoms with Crippen molar-refractivity contribution in [3.8, 4) is 0 Å². The molecule has 3 heterocycles. The van der Waals surface area contributed by atoms with E-state index in [0.717, 1.165) is 44.7 Å². The number of sulfonamides is 1. The maximum atomic E-state index is 14.6. The molecular formula is C32H46N6O5S. The van der Waals surface area contributed by atoms with Crippen molar-refractivity contribution < 1.29 is 17.9 Å². The molecule has 2 aromatic heterocycles. The van der Waals surface area contributed by atoms with Gasteiger partial charge < -0.3 is 14.5 Å². The Morgan fingerprint density at radius 3 is 2.82 bits per heavy atom. The van der Waals surface area contributed by atoms with Crippen LogP contribution in [0, 0.1) is 0 Å². The first-order valence-corrected chi connectivity index (χ1v) is 16.8. The number of aromatic amines is 1. The lowest BCUT2D eigenvalue weighted by Crippen LogP contribution is -2.44. The Labute approximate surface area is 260 Å². The Balaban J connectivity index is 1.78. The Hall–Kier alpha value is -3.32. The number of H-pyrrole nitrogens is 1. The zero-order valence-corrected chi connectivity index (χ0v) is 27.4. The van der Waals surface area contributed by atoms with Crippen molar-refractivity contribution in [2.24, 2.45) is 7.05 Å². The number of nitrogens with one attached hydrogen (secondary N) is 1. The third kappa shape index (κ3) is 8.23. The van der Waals surface area contributed by atoms with Gasteiger partial charge in [-0.2, -0.15) is 9.40 Å². The van der Waals surface area contributed by atoms with Crippen LogP contribution in [0.5, 0.6) is 0 Å². The van der Waals surface area contributed by atoms with Crippen molar-refractivity contribution in [1.82, 2.24) is 29.0 Å². The van der Waals surface area contributed by atoms with Crippen LogP contribution in [0.1, 0.15) is 58.0 Å². The largest absolute Gasteiger partial charge is 0.501 e. The summed E-state index contributed by atoms with van der Waals surface area (Å²) in [5.74, 6) is 0.863. The number of aryl methyl sites for hydroxylation is 2. The second kappa shape index (κ2) is 15.6. The summed E-state index contributed by atoms with van der Waals surface area (Å²) in [7, 11) is -0.748. The summed E-state index contributed by atoms with van der Waals surface area (Å²) in [5, 5.41) is 4.50. The van der Waals surface area contributed by atoms with Crippen molar-refractivity contribution in [2.75, 3.05) is 46.5 Å². The molecule has 12 heteroatoms. The Morgan fingerprint density at radius 1 is 1.23 bits per heavy atom. The number of aromatic nitrogens is 4. The summed E-state index contributed by atoms with van der Waals surface area (Å²) >= 11 is 0. The molecule has 1 saturated heterocycles. The minimum atomic E-state index is -4.02. The summed E-state index contributed by atoms with van der Waals surface area (Å²) in [5.41, 5.74) is 1.86. The van der Waals surface area contributed by atoms with E-state index in [-0.39, 0.29) is 16.5 Å². The van der Waals surface area contributed by atoms with Gasteiger partial charge in [0.1, 0.15) is 11.3 Å². The highest BCUT2D eigenvalue weighted by molar-refractivity contribution is 7.93. The van der Waals surface area contributed by atoms with Crippen molar-refractivity contribution in [3.63, 3.8) is 0 Å². The van der Waals surface area contributed by atoms with Gasteiger partial charge in [-0.05, 0) is 63.3 Å². The van der Waals surface area contributed by atoms with Gasteiger partial charge in [0.15, 0.2) is 5.52 Å². The maximum absolute atomic E-state index is 14.6. The van der Waals surface area contributed by atoms with E-state index in [1.54, 1.807) is 55.2 Å². The van der Waals surface area contributed by atoms with Crippen molar-refractivity contribution in [1.29, 1.82) is 0 Å². The summed E-state index contributed by atoms with van der Waals surface area (Å²) in [6, 6.07) is -0.316. The molecular weight excluding hydrogens is 580 g/mol. The molecule has 1 aliphatic carbocycles. The molecule has 0 amide bonds. The predicted molar refractivity (Wildman–Crippen MR) is 174 cm³/mol. The van der Waals surface area contributed by atoms with Crippen LogP contribution in [-0.2, 0) is 33.0 Å². The fourth-order valence-electron chi connectivity index (χ4n) is 5.43. The molecule has 44 heavy (non-hydrogen) atoms. The number of methoxy groups -OCH3 is 1. The fourth-order valence-corrected chi connectivity index (χ4v) is 7.12. The first-order valence-electron chi connectivity index (χ1n) is 15.4. The van der Waals surface area contributed by atoms with Gasteiger partial charge in [-0.3, -0.25) is 14.4 Å². The first kappa shape index (κ1) is 33.6. The third-order valence-electron chi connectivity index (χ3n) is 7.92. The van der Waals surface area contributed by atoms with Crippen molar-refractivity contribution in [2.45, 2.75) is 58.9 Å². The zero-order valence-electron chi connectivity index (χ0n) is 26.6. The minimum Gasteiger partial charge on any atom is -0.501 e. The molecule has 1 N–H and O–H groups in total. The number of hydrogen-bond acceptors (Lipinski definition) is 8. The molecule has 4 rings (SSSR count). The topological polar surface area (TPSA) is 123 Å². The Morgan fingerprint density at radius 2 is 2.05 bits per heavy atom. The molecule has 0 radical (unpaired) electrons. The van der Waals surface area contributed by atoms with Gasteiger partial charge in [0.25, 0.3) is 5.56 Å². The van der Waals surface area contributed by atoms with Crippen molar-refractivity contribution >= 4 is 26.6 Å². The normalized spacial score (nSPS) is 19.5. The van der Waals surface area contributed by atoms with Gasteiger partial charge in [0.05, 0.1) is 30.1 Å². The van der Waals surface area contributed by atoms with Crippen LogP contribution in [0.25, 0.3) is 16.6 Å². The van der Waals surface area contributed by atoms with E-state index < -0.39 is 10.0 Å². The summed E-state index contributed by atoms with van der Waals surface area (Å²) in [4.78, 5) is 23.1. The lowest BCUT2D eigenvalue weighted by atomic mass is 10.1. The highest BCUT2D eigenvalue weighted by atomic mass is 32.2. The van der Waals surface area contributed by atoms with Crippen molar-refractivity contribution in [3.05, 3.63) is 75.1 Å². The summed E-state index contributed by atoms with van der Waals surface area (Å²) in [6.07, 6.45) is 16.6. The number of ether oxygens (including phenoxy) is 2. The van der Waals surface area contributed by atoms with E-state index in [1.807, 2.05) is 25.2 Å². The fraction of sp³-hybridized carbons (Fsp3) is 0.531. The van der Waals surface area contributed by atoms with Crippen LogP contribution in [0.2, 0.25) is 0 Å². The quantitative estimate of drug-likeness (QED) is 0.276. The summed E-state index contributed by atoms with van der Waals surface area (Å²) in [6.45, 7) is 9.48. The molecule has 0 bridgehead atoms. The second-order valence-electron chi connectivity index (χ2n) is 11.2. The van der Waals surface area contributed by atoms with E-state index in [4.69, 9.17) is 14.5 Å². The number of fused-ring (bicyclic) bond motifs is 1. The lowest BCUT2D eigenvalue weighted by Gasteiger charge is -2.31. The average Bonchev–Trinajstić information content (AvgIpc) is 3.24. The Bertz CT molecular complexity index is 1610. The Kier molecular flexibility index (Phi) is 11.9. The van der Waals surface area contributed by atoms with Crippen LogP contribution in [0.15, 0.2) is 58.0 Å². The number of nitrogens with zero attached hydrogens (tertiary/aromatic N) is 5. The average molecular weight is 627 g/mol. The van der Waals surface area contributed by atoms with Gasteiger partial charge in [-0.15, -0.1) is 0 Å². The van der Waals surface area contributed by atoms with E-state index in [0.29, 0.717) is 60.7 Å². The number of allylic oxidation sites excluding steroid dienone is 8. The van der Waals surface area contributed by atoms with Gasteiger partial charge >= 0.3 is 0 Å². The summed E-state index contributed by atoms with van der Waals surface area (Å²) < 4.78 is 43.3. The molecule has 0 saturated carbocycles. The van der Waals surface area contributed by atoms with Crippen LogP contribution >= 0.6 is 0 Å². The molecule has 1 unspecified atom stereocenters. The third-order valence-corrected chi connectivity index (χ3v) is 9.84. The van der Waals surface area contributed by atoms with Gasteiger partial charge in [-0.1, -0.05) is 37.6 Å². The van der Waals surface area contributed by atoms with E-state index >= 15 is 0 Å². The van der Waals surface area contributed by atoms with Gasteiger partial charge in [-0.25, -0.2) is 13.4 Å². The molecule has 1 aliphatic heterocycles. The minimum absolute atomic E-state index is 0.0823. The smallest absolute Gasteiger partial charge is 0.277 e. The van der Waals surface area contributed by atoms with E-state index in [1.165, 1.54) is 0 Å². The SMILES string of the molecule is CCCc1nn(C)c2c(=O)[nH]c(/C(C)=C/C(=C\C=C(/C)OC)S(=O)(=O)N(CCN3CCCOCC3)C3C=CC=CCC3)nc12. The number of rotatable bonds is 12. The van der Waals surface area contributed by atoms with Gasteiger partial charge in [0, 0.05) is 45.9 Å². The standard InChI is InChI=1S/C32H46N6O5S/c1-6-12-28-29-30(36(4)35-28)32(39)34-31(33-29)24(2)23-27(16-15-25(3)42-5)44(40,41)38(26-13-9-7-8-10-14-26)19-18-37-17-11-21-43-22-20-37/h7-9,13,15-16,23,26H,6,10-12,14,17-22H2,1-5H3,(H,33,34,39)/b24-23+,25-15+,27-16+. The molecule has 240 valence electrons. The van der Waals surface area contributed by atoms with E-state index in [9.17, 15) is 13.2 Å². The van der Waals surface area contributed by atoms with E-state index in [2.05, 4.69) is 21.1 Å². The molecule has 1 fully saturated rings. The molecule has 0 aromatic carbocycles. The van der Waals surface area contributed by atoms with Gasteiger partial charge in [0.2, 0.25) is 10.0 Å². The molecule has 11 nitrogen and oxygen atoms in total. The van der Waals surface area contributed by atoms with Crippen LogP contribution in [-0.4, -0.2) is 89.9 Å². The molecule has 2 aliphatic rings. The lowest BCUT2D eigenvalue weighted by molar-refractivity contribution is 0.140. The molecule has 1 atom stereocenters. The second-order valence-corrected chi connectivity index (χ2v) is 13.1. The first-order chi connectivity index (χ1) is 21.1.